The van der Waals surface area contributed by atoms with Gasteiger partial charge in [-0.05, 0) is 98.4 Å². The van der Waals surface area contributed by atoms with Crippen molar-refractivity contribution in [1.29, 1.82) is 0 Å². The van der Waals surface area contributed by atoms with Crippen LogP contribution in [0.15, 0.2) is 53.5 Å². The van der Waals surface area contributed by atoms with Crippen molar-refractivity contribution in [2.45, 2.75) is 96.4 Å². The van der Waals surface area contributed by atoms with E-state index in [1.54, 1.807) is 5.56 Å². The Morgan fingerprint density at radius 3 is 2.12 bits per heavy atom. The molecule has 1 aliphatic heterocycles. The fraction of sp³-hybridized carbons (Fsp3) is 0.594. The van der Waals surface area contributed by atoms with Gasteiger partial charge in [-0.2, -0.15) is 0 Å². The fourth-order valence-electron chi connectivity index (χ4n) is 6.72. The highest BCUT2D eigenvalue weighted by molar-refractivity contribution is 5.95. The van der Waals surface area contributed by atoms with Gasteiger partial charge in [0, 0.05) is 5.56 Å². The third-order valence-corrected chi connectivity index (χ3v) is 8.75. The van der Waals surface area contributed by atoms with Crippen LogP contribution < -0.4 is 0 Å². The molecular weight excluding hydrogens is 414 g/mol. The molecule has 3 aliphatic rings. The molecule has 4 atom stereocenters. The molecule has 0 aromatic heterocycles. The first-order valence-electron chi connectivity index (χ1n) is 13.9. The van der Waals surface area contributed by atoms with Crippen molar-refractivity contribution < 1.29 is 4.74 Å². The van der Waals surface area contributed by atoms with E-state index in [-0.39, 0.29) is 5.54 Å². The van der Waals surface area contributed by atoms with Crippen molar-refractivity contribution in [3.63, 3.8) is 0 Å². The molecule has 2 saturated carbocycles. The third kappa shape index (κ3) is 5.42. The van der Waals surface area contributed by atoms with E-state index in [4.69, 9.17) is 9.73 Å². The summed E-state index contributed by atoms with van der Waals surface area (Å²) < 4.78 is 5.80. The zero-order chi connectivity index (χ0) is 23.5. The van der Waals surface area contributed by atoms with Gasteiger partial charge in [0.2, 0.25) is 5.90 Å². The first-order valence-corrected chi connectivity index (χ1v) is 13.9. The SMILES string of the molecule is CCCCCC1CC[C@@H]2C[C@H](c3ccc(-c4ccc(C5=NC(C)(C)CO5)cc4)cc3)CC[C@@H]2C1. The third-order valence-electron chi connectivity index (χ3n) is 8.75. The molecule has 2 aromatic carbocycles. The van der Waals surface area contributed by atoms with Gasteiger partial charge in [-0.15, -0.1) is 0 Å². The van der Waals surface area contributed by atoms with Crippen molar-refractivity contribution in [1.82, 2.24) is 0 Å². The average Bonchev–Trinajstić information content (AvgIpc) is 3.23. The summed E-state index contributed by atoms with van der Waals surface area (Å²) in [5, 5.41) is 0. The minimum absolute atomic E-state index is 0.114. The molecule has 0 amide bonds. The van der Waals surface area contributed by atoms with Gasteiger partial charge in [0.1, 0.15) is 6.61 Å². The van der Waals surface area contributed by atoms with E-state index in [2.05, 4.69) is 69.3 Å². The molecule has 0 radical (unpaired) electrons. The summed E-state index contributed by atoms with van der Waals surface area (Å²) in [7, 11) is 0. The molecule has 182 valence electrons. The van der Waals surface area contributed by atoms with E-state index in [0.29, 0.717) is 6.61 Å². The molecule has 1 unspecified atom stereocenters. The van der Waals surface area contributed by atoms with Crippen molar-refractivity contribution in [2.24, 2.45) is 22.7 Å². The second kappa shape index (κ2) is 10.3. The smallest absolute Gasteiger partial charge is 0.216 e. The van der Waals surface area contributed by atoms with Crippen LogP contribution in [0.2, 0.25) is 0 Å². The van der Waals surface area contributed by atoms with E-state index in [0.717, 1.165) is 35.1 Å². The van der Waals surface area contributed by atoms with E-state index < -0.39 is 0 Å². The number of rotatable bonds is 7. The minimum atomic E-state index is -0.114. The maximum absolute atomic E-state index is 5.80. The summed E-state index contributed by atoms with van der Waals surface area (Å²) in [5.74, 6) is 4.54. The summed E-state index contributed by atoms with van der Waals surface area (Å²) in [4.78, 5) is 4.70. The van der Waals surface area contributed by atoms with Gasteiger partial charge in [0.25, 0.3) is 0 Å². The summed E-state index contributed by atoms with van der Waals surface area (Å²) in [6.07, 6.45) is 14.5. The Morgan fingerprint density at radius 2 is 1.44 bits per heavy atom. The fourth-order valence-corrected chi connectivity index (χ4v) is 6.72. The van der Waals surface area contributed by atoms with Crippen LogP contribution in [0.3, 0.4) is 0 Å². The Balaban J connectivity index is 1.18. The van der Waals surface area contributed by atoms with Crippen LogP contribution >= 0.6 is 0 Å². The molecule has 1 heterocycles. The van der Waals surface area contributed by atoms with Crippen LogP contribution in [0.5, 0.6) is 0 Å². The number of hydrogen-bond donors (Lipinski definition) is 0. The number of benzene rings is 2. The largest absolute Gasteiger partial charge is 0.475 e. The highest BCUT2D eigenvalue weighted by atomic mass is 16.5. The Morgan fingerprint density at radius 1 is 0.794 bits per heavy atom. The number of fused-ring (bicyclic) bond motifs is 1. The molecule has 2 aliphatic carbocycles. The monoisotopic (exact) mass is 457 g/mol. The van der Waals surface area contributed by atoms with E-state index in [1.165, 1.54) is 75.3 Å². The normalized spacial score (nSPS) is 28.1. The zero-order valence-corrected chi connectivity index (χ0v) is 21.6. The van der Waals surface area contributed by atoms with Crippen LogP contribution in [0.1, 0.15) is 102 Å². The molecule has 0 spiro atoms. The number of ether oxygens (including phenoxy) is 1. The molecule has 34 heavy (non-hydrogen) atoms. The Hall–Kier alpha value is -2.09. The van der Waals surface area contributed by atoms with Gasteiger partial charge in [-0.3, -0.25) is 0 Å². The molecule has 0 bridgehead atoms. The maximum Gasteiger partial charge on any atom is 0.216 e. The topological polar surface area (TPSA) is 21.6 Å². The lowest BCUT2D eigenvalue weighted by Gasteiger charge is -2.42. The number of unbranched alkanes of at least 4 members (excludes halogenated alkanes) is 2. The predicted molar refractivity (Wildman–Crippen MR) is 144 cm³/mol. The molecule has 5 rings (SSSR count). The van der Waals surface area contributed by atoms with Crippen molar-refractivity contribution in [3.05, 3.63) is 59.7 Å². The van der Waals surface area contributed by atoms with Gasteiger partial charge < -0.3 is 4.74 Å². The molecule has 0 saturated heterocycles. The van der Waals surface area contributed by atoms with Crippen LogP contribution in [0.4, 0.5) is 0 Å². The Labute approximate surface area is 207 Å². The lowest BCUT2D eigenvalue weighted by molar-refractivity contribution is 0.113. The average molecular weight is 458 g/mol. The van der Waals surface area contributed by atoms with Crippen LogP contribution in [0.25, 0.3) is 11.1 Å². The first kappa shape index (κ1) is 23.6. The van der Waals surface area contributed by atoms with Crippen LogP contribution in [-0.4, -0.2) is 18.0 Å². The molecule has 2 fully saturated rings. The lowest BCUT2D eigenvalue weighted by Crippen LogP contribution is -2.30. The van der Waals surface area contributed by atoms with Gasteiger partial charge in [0.15, 0.2) is 0 Å². The van der Waals surface area contributed by atoms with Crippen molar-refractivity contribution in [2.75, 3.05) is 6.61 Å². The molecule has 2 heteroatoms. The molecule has 2 aromatic rings. The van der Waals surface area contributed by atoms with Gasteiger partial charge in [0.05, 0.1) is 5.54 Å². The standard InChI is InChI=1S/C32H43NO/c1-4-5-6-7-23-8-9-30-21-29(19-18-28(30)20-23)26-12-10-24(11-13-26)25-14-16-27(17-15-25)31-33-32(2,3)22-34-31/h10-17,23,28-30H,4-9,18-22H2,1-3H3/t23?,28-,29-,30-/m1/s1. The quantitative estimate of drug-likeness (QED) is 0.381. The Kier molecular flexibility index (Phi) is 7.14. The van der Waals surface area contributed by atoms with E-state index >= 15 is 0 Å². The predicted octanol–water partition coefficient (Wildman–Crippen LogP) is 8.79. The van der Waals surface area contributed by atoms with Crippen molar-refractivity contribution >= 4 is 5.90 Å². The first-order chi connectivity index (χ1) is 16.5. The van der Waals surface area contributed by atoms with Gasteiger partial charge in [-0.25, -0.2) is 4.99 Å². The molecular formula is C32H43NO. The van der Waals surface area contributed by atoms with E-state index in [1.807, 2.05) is 0 Å². The zero-order valence-electron chi connectivity index (χ0n) is 21.6. The second-order valence-corrected chi connectivity index (χ2v) is 11.9. The summed E-state index contributed by atoms with van der Waals surface area (Å²) >= 11 is 0. The number of nitrogens with zero attached hydrogens (tertiary/aromatic N) is 1. The summed E-state index contributed by atoms with van der Waals surface area (Å²) in [6.45, 7) is 7.21. The highest BCUT2D eigenvalue weighted by Gasteiger charge is 2.35. The minimum Gasteiger partial charge on any atom is -0.475 e. The highest BCUT2D eigenvalue weighted by Crippen LogP contribution is 2.48. The number of hydrogen-bond acceptors (Lipinski definition) is 2. The number of aliphatic imine (C=N–C) groups is 1. The lowest BCUT2D eigenvalue weighted by atomic mass is 9.63. The second-order valence-electron chi connectivity index (χ2n) is 11.9. The van der Waals surface area contributed by atoms with Crippen molar-refractivity contribution in [3.8, 4) is 11.1 Å². The maximum atomic E-state index is 5.80. The van der Waals surface area contributed by atoms with Crippen LogP contribution in [0, 0.1) is 17.8 Å². The van der Waals surface area contributed by atoms with Gasteiger partial charge >= 0.3 is 0 Å². The molecule has 2 nitrogen and oxygen atoms in total. The summed E-state index contributed by atoms with van der Waals surface area (Å²) in [5.41, 5.74) is 5.07. The van der Waals surface area contributed by atoms with Gasteiger partial charge in [-0.1, -0.05) is 75.4 Å². The van der Waals surface area contributed by atoms with Crippen LogP contribution in [-0.2, 0) is 4.74 Å². The Bertz CT molecular complexity index is 971. The summed E-state index contributed by atoms with van der Waals surface area (Å²) in [6, 6.07) is 18.1. The van der Waals surface area contributed by atoms with E-state index in [9.17, 15) is 0 Å². The molecule has 0 N–H and O–H groups in total.